The molecule has 3 aromatic rings. The Hall–Kier alpha value is -3.10. The highest BCUT2D eigenvalue weighted by Crippen LogP contribution is 2.39. The number of fused-ring (bicyclic) bond motifs is 1. The van der Waals surface area contributed by atoms with E-state index in [9.17, 15) is 31.0 Å². The van der Waals surface area contributed by atoms with Crippen LogP contribution in [0.15, 0.2) is 58.3 Å². The van der Waals surface area contributed by atoms with Crippen LogP contribution in [-0.4, -0.2) is 31.0 Å². The third-order valence-electron chi connectivity index (χ3n) is 4.23. The van der Waals surface area contributed by atoms with Crippen molar-refractivity contribution in [3.8, 4) is 18.1 Å². The predicted octanol–water partition coefficient (Wildman–Crippen LogP) is 2.63. The van der Waals surface area contributed by atoms with E-state index in [2.05, 4.69) is 11.2 Å². The fourth-order valence-corrected chi connectivity index (χ4v) is 4.34. The molecule has 29 heavy (non-hydrogen) atoms. The van der Waals surface area contributed by atoms with E-state index in [4.69, 9.17) is 6.42 Å². The number of benzene rings is 3. The van der Waals surface area contributed by atoms with Gasteiger partial charge in [-0.05, 0) is 41.3 Å². The van der Waals surface area contributed by atoms with Gasteiger partial charge in [-0.25, -0.2) is 0 Å². The molecule has 3 aromatic carbocycles. The Morgan fingerprint density at radius 1 is 0.931 bits per heavy atom. The van der Waals surface area contributed by atoms with Gasteiger partial charge in [0.2, 0.25) is 0 Å². The van der Waals surface area contributed by atoms with E-state index in [1.807, 2.05) is 0 Å². The van der Waals surface area contributed by atoms with Gasteiger partial charge in [0.15, 0.2) is 0 Å². The van der Waals surface area contributed by atoms with Crippen LogP contribution in [0.4, 0.5) is 5.69 Å². The fourth-order valence-electron chi connectivity index (χ4n) is 2.91. The van der Waals surface area contributed by atoms with Gasteiger partial charge < -0.3 is 10.4 Å². The SMILES string of the molecule is C#Cc1ccc2c(O)c(NCc3ccccc3S(=O)(=O)O)c(S(=O)(=O)O)cc2c1. The molecule has 0 saturated heterocycles. The molecule has 0 aliphatic heterocycles. The maximum absolute atomic E-state index is 11.9. The summed E-state index contributed by atoms with van der Waals surface area (Å²) < 4.78 is 65.7. The van der Waals surface area contributed by atoms with Crippen molar-refractivity contribution in [2.75, 3.05) is 5.32 Å². The Morgan fingerprint density at radius 3 is 2.21 bits per heavy atom. The molecular weight excluding hydrogens is 418 g/mol. The normalized spacial score (nSPS) is 11.9. The summed E-state index contributed by atoms with van der Waals surface area (Å²) in [7, 11) is -9.27. The molecule has 0 heterocycles. The third-order valence-corrected chi connectivity index (χ3v) is 6.06. The average molecular weight is 433 g/mol. The molecule has 0 unspecified atom stereocenters. The first-order chi connectivity index (χ1) is 13.5. The first kappa shape index (κ1) is 20.6. The van der Waals surface area contributed by atoms with E-state index in [1.165, 1.54) is 36.4 Å². The van der Waals surface area contributed by atoms with Crippen LogP contribution in [0.2, 0.25) is 0 Å². The predicted molar refractivity (Wildman–Crippen MR) is 107 cm³/mol. The molecule has 10 heteroatoms. The smallest absolute Gasteiger partial charge is 0.296 e. The van der Waals surface area contributed by atoms with Gasteiger partial charge in [-0.1, -0.05) is 24.1 Å². The molecule has 0 amide bonds. The van der Waals surface area contributed by atoms with Crippen LogP contribution in [0.3, 0.4) is 0 Å². The van der Waals surface area contributed by atoms with Crippen molar-refractivity contribution < 1.29 is 31.0 Å². The highest BCUT2D eigenvalue weighted by molar-refractivity contribution is 7.86. The Kier molecular flexibility index (Phi) is 5.25. The third kappa shape index (κ3) is 4.18. The van der Waals surface area contributed by atoms with E-state index in [0.29, 0.717) is 5.56 Å². The average Bonchev–Trinajstić information content (AvgIpc) is 2.65. The maximum Gasteiger partial charge on any atom is 0.296 e. The molecule has 0 aromatic heterocycles. The zero-order chi connectivity index (χ0) is 21.4. The topological polar surface area (TPSA) is 141 Å². The minimum Gasteiger partial charge on any atom is -0.505 e. The Bertz CT molecular complexity index is 1370. The maximum atomic E-state index is 11.9. The lowest BCUT2D eigenvalue weighted by Gasteiger charge is -2.16. The van der Waals surface area contributed by atoms with Crippen molar-refractivity contribution in [2.45, 2.75) is 16.3 Å². The summed E-state index contributed by atoms with van der Waals surface area (Å²) in [4.78, 5) is -0.985. The van der Waals surface area contributed by atoms with Crippen molar-refractivity contribution >= 4 is 36.7 Å². The van der Waals surface area contributed by atoms with Gasteiger partial charge >= 0.3 is 0 Å². The summed E-state index contributed by atoms with van der Waals surface area (Å²) >= 11 is 0. The van der Waals surface area contributed by atoms with Gasteiger partial charge in [0, 0.05) is 17.5 Å². The van der Waals surface area contributed by atoms with Gasteiger partial charge in [0.1, 0.15) is 10.6 Å². The van der Waals surface area contributed by atoms with Crippen LogP contribution < -0.4 is 5.32 Å². The molecule has 0 spiro atoms. The number of aromatic hydroxyl groups is 1. The van der Waals surface area contributed by atoms with E-state index >= 15 is 0 Å². The molecule has 0 saturated carbocycles. The molecule has 0 atom stereocenters. The number of anilines is 1. The molecule has 0 fully saturated rings. The van der Waals surface area contributed by atoms with Crippen LogP contribution in [0.1, 0.15) is 11.1 Å². The second kappa shape index (κ2) is 7.38. The van der Waals surface area contributed by atoms with Crippen molar-refractivity contribution in [1.29, 1.82) is 0 Å². The number of hydrogen-bond acceptors (Lipinski definition) is 6. The van der Waals surface area contributed by atoms with E-state index in [1.54, 1.807) is 6.07 Å². The Morgan fingerprint density at radius 2 is 1.59 bits per heavy atom. The quantitative estimate of drug-likeness (QED) is 0.273. The highest BCUT2D eigenvalue weighted by atomic mass is 32.2. The van der Waals surface area contributed by atoms with Gasteiger partial charge in [-0.15, -0.1) is 6.42 Å². The van der Waals surface area contributed by atoms with Gasteiger partial charge in [0.05, 0.1) is 10.6 Å². The van der Waals surface area contributed by atoms with Gasteiger partial charge in [0.25, 0.3) is 20.2 Å². The highest BCUT2D eigenvalue weighted by Gasteiger charge is 2.22. The monoisotopic (exact) mass is 433 g/mol. The number of terminal acetylenes is 1. The molecule has 3 rings (SSSR count). The number of nitrogens with one attached hydrogen (secondary N) is 1. The van der Waals surface area contributed by atoms with Crippen LogP contribution in [0, 0.1) is 12.3 Å². The zero-order valence-corrected chi connectivity index (χ0v) is 16.3. The van der Waals surface area contributed by atoms with Crippen LogP contribution in [-0.2, 0) is 26.8 Å². The number of rotatable bonds is 5. The van der Waals surface area contributed by atoms with Crippen molar-refractivity contribution in [3.63, 3.8) is 0 Å². The Balaban J connectivity index is 2.15. The van der Waals surface area contributed by atoms with E-state index in [-0.39, 0.29) is 33.5 Å². The van der Waals surface area contributed by atoms with E-state index in [0.717, 1.165) is 6.07 Å². The molecule has 0 radical (unpaired) electrons. The van der Waals surface area contributed by atoms with Crippen molar-refractivity contribution in [1.82, 2.24) is 0 Å². The fraction of sp³-hybridized carbons (Fsp3) is 0.0526. The lowest BCUT2D eigenvalue weighted by Crippen LogP contribution is -2.10. The Labute approximate surface area is 167 Å². The minimum atomic E-state index is -4.75. The van der Waals surface area contributed by atoms with Crippen LogP contribution >= 0.6 is 0 Å². The molecular formula is C19H15NO7S2. The standard InChI is InChI=1S/C19H15NO7S2/c1-2-12-7-8-15-14(9-12)10-17(29(25,26)27)18(19(15)21)20-11-13-5-3-4-6-16(13)28(22,23)24/h1,3-10,20-21H,11H2,(H,22,23,24)(H,25,26,27). The second-order valence-corrected chi connectivity index (χ2v) is 8.87. The summed E-state index contributed by atoms with van der Waals surface area (Å²) in [6, 6.07) is 11.2. The molecule has 0 aliphatic carbocycles. The van der Waals surface area contributed by atoms with Crippen molar-refractivity contribution in [3.05, 3.63) is 59.7 Å². The first-order valence-electron chi connectivity index (χ1n) is 8.05. The number of phenolic OH excluding ortho intramolecular Hbond substituents is 1. The molecule has 150 valence electrons. The summed E-state index contributed by atoms with van der Waals surface area (Å²) in [5.74, 6) is 1.92. The summed E-state index contributed by atoms with van der Waals surface area (Å²) in [5.41, 5.74) is 0.248. The largest absolute Gasteiger partial charge is 0.505 e. The number of hydrogen-bond donors (Lipinski definition) is 4. The zero-order valence-electron chi connectivity index (χ0n) is 14.7. The molecule has 0 bridgehead atoms. The van der Waals surface area contributed by atoms with Crippen LogP contribution in [0.5, 0.6) is 5.75 Å². The lowest BCUT2D eigenvalue weighted by atomic mass is 10.0. The van der Waals surface area contributed by atoms with Gasteiger partial charge in [-0.3, -0.25) is 9.11 Å². The van der Waals surface area contributed by atoms with Gasteiger partial charge in [-0.2, -0.15) is 16.8 Å². The summed E-state index contributed by atoms with van der Waals surface area (Å²) in [5, 5.41) is 13.8. The van der Waals surface area contributed by atoms with E-state index < -0.39 is 30.9 Å². The number of phenols is 1. The summed E-state index contributed by atoms with van der Waals surface area (Å²) in [6.07, 6.45) is 5.33. The molecule has 0 aliphatic rings. The molecule has 4 N–H and O–H groups in total. The minimum absolute atomic E-state index is 0.124. The second-order valence-electron chi connectivity index (χ2n) is 6.09. The lowest BCUT2D eigenvalue weighted by molar-refractivity contribution is 0.472. The van der Waals surface area contributed by atoms with Crippen LogP contribution in [0.25, 0.3) is 10.8 Å². The summed E-state index contributed by atoms with van der Waals surface area (Å²) in [6.45, 7) is -0.264. The van der Waals surface area contributed by atoms with Crippen molar-refractivity contribution in [2.24, 2.45) is 0 Å². The molecule has 8 nitrogen and oxygen atoms in total. The first-order valence-corrected chi connectivity index (χ1v) is 10.9.